The average Bonchev–Trinajstić information content (AvgIpc) is 2.64. The van der Waals surface area contributed by atoms with Gasteiger partial charge in [0.2, 0.25) is 5.54 Å². The summed E-state index contributed by atoms with van der Waals surface area (Å²) < 4.78 is 16.0. The summed E-state index contributed by atoms with van der Waals surface area (Å²) in [5.41, 5.74) is 0.425. The largest absolute Gasteiger partial charge is 0.464 e. The van der Waals surface area contributed by atoms with Crippen LogP contribution in [-0.4, -0.2) is 56.3 Å². The van der Waals surface area contributed by atoms with Gasteiger partial charge in [-0.15, -0.1) is 0 Å². The first-order chi connectivity index (χ1) is 12.9. The second-order valence-electron chi connectivity index (χ2n) is 6.42. The van der Waals surface area contributed by atoms with Crippen molar-refractivity contribution in [1.82, 2.24) is 4.90 Å². The number of carbonyl (C=O) groups excluding carboxylic acids is 2. The lowest BCUT2D eigenvalue weighted by molar-refractivity contribution is -0.173. The highest BCUT2D eigenvalue weighted by Crippen LogP contribution is 2.26. The maximum absolute atomic E-state index is 12.7. The highest BCUT2D eigenvalue weighted by Gasteiger charge is 2.51. The van der Waals surface area contributed by atoms with Crippen LogP contribution in [0.25, 0.3) is 0 Å². The first kappa shape index (κ1) is 22.9. The van der Waals surface area contributed by atoms with Crippen LogP contribution in [0.4, 0.5) is 0 Å². The molecule has 0 spiro atoms. The number of rotatable bonds is 11. The minimum Gasteiger partial charge on any atom is -0.464 e. The quantitative estimate of drug-likeness (QED) is 0.256. The van der Waals surface area contributed by atoms with Crippen LogP contribution in [0.15, 0.2) is 42.0 Å². The molecule has 0 bridgehead atoms. The lowest BCUT2D eigenvalue weighted by atomic mass is 9.89. The Morgan fingerprint density at radius 1 is 1.04 bits per heavy atom. The fourth-order valence-corrected chi connectivity index (χ4v) is 2.68. The van der Waals surface area contributed by atoms with Gasteiger partial charge in [0.1, 0.15) is 0 Å². The maximum atomic E-state index is 12.7. The van der Waals surface area contributed by atoms with E-state index in [-0.39, 0.29) is 19.6 Å². The predicted molar refractivity (Wildman–Crippen MR) is 104 cm³/mol. The van der Waals surface area contributed by atoms with Crippen molar-refractivity contribution in [2.24, 2.45) is 0 Å². The smallest absolute Gasteiger partial charge is 0.338 e. The number of likely N-dealkylation sites (N-methyl/N-ethyl adjacent to an activating group) is 1. The van der Waals surface area contributed by atoms with Gasteiger partial charge < -0.3 is 14.2 Å². The Hall–Kier alpha value is -2.18. The summed E-state index contributed by atoms with van der Waals surface area (Å²) in [5, 5.41) is 0. The molecule has 0 unspecified atom stereocenters. The zero-order chi connectivity index (χ0) is 20.3. The van der Waals surface area contributed by atoms with Crippen molar-refractivity contribution in [2.75, 3.05) is 33.9 Å². The van der Waals surface area contributed by atoms with Gasteiger partial charge in [-0.3, -0.25) is 4.90 Å². The molecule has 0 fully saturated rings. The molecule has 0 radical (unpaired) electrons. The molecule has 0 amide bonds. The molecular formula is C21H31NO5. The summed E-state index contributed by atoms with van der Waals surface area (Å²) in [6.45, 7) is 6.55. The van der Waals surface area contributed by atoms with Crippen LogP contribution in [0.5, 0.6) is 0 Å². The molecular weight excluding hydrogens is 346 g/mol. The Morgan fingerprint density at radius 3 is 2.07 bits per heavy atom. The summed E-state index contributed by atoms with van der Waals surface area (Å²) in [7, 11) is 3.35. The molecule has 0 N–H and O–H groups in total. The molecule has 6 nitrogen and oxygen atoms in total. The Morgan fingerprint density at radius 2 is 1.59 bits per heavy atom. The van der Waals surface area contributed by atoms with E-state index >= 15 is 0 Å². The van der Waals surface area contributed by atoms with Gasteiger partial charge in [0.15, 0.2) is 0 Å². The van der Waals surface area contributed by atoms with E-state index in [1.165, 1.54) is 0 Å². The predicted octanol–water partition coefficient (Wildman–Crippen LogP) is 2.97. The van der Waals surface area contributed by atoms with Crippen molar-refractivity contribution in [3.8, 4) is 0 Å². The summed E-state index contributed by atoms with van der Waals surface area (Å²) in [5.74, 6) is -1.21. The lowest BCUT2D eigenvalue weighted by Crippen LogP contribution is -2.59. The Bertz CT molecular complexity index is 607. The molecule has 0 aliphatic rings. The first-order valence-electron chi connectivity index (χ1n) is 9.17. The zero-order valence-electron chi connectivity index (χ0n) is 17.0. The second kappa shape index (κ2) is 11.5. The number of carbonyl (C=O) groups is 2. The van der Waals surface area contributed by atoms with Gasteiger partial charge in [0.25, 0.3) is 0 Å². The molecule has 1 aromatic carbocycles. The van der Waals surface area contributed by atoms with Gasteiger partial charge in [-0.1, -0.05) is 42.0 Å². The van der Waals surface area contributed by atoms with Crippen LogP contribution in [0, 0.1) is 0 Å². The Labute approximate surface area is 162 Å². The van der Waals surface area contributed by atoms with Gasteiger partial charge in [-0.25, -0.2) is 9.59 Å². The average molecular weight is 377 g/mol. The number of benzene rings is 1. The molecule has 1 rings (SSSR count). The number of hydrogen-bond donors (Lipinski definition) is 0. The van der Waals surface area contributed by atoms with Gasteiger partial charge in [-0.2, -0.15) is 0 Å². The molecule has 150 valence electrons. The van der Waals surface area contributed by atoms with Gasteiger partial charge in [-0.05, 0) is 40.4 Å². The monoisotopic (exact) mass is 377 g/mol. The van der Waals surface area contributed by atoms with E-state index in [4.69, 9.17) is 14.2 Å². The standard InChI is InChI=1S/C21H31NO5/c1-6-26-19(23)21(22(4)5,20(24)27-7-2)15-17(3)13-14-25-16-18-11-9-8-10-12-18/h8-13H,6-7,14-16H2,1-5H3/b17-13+. The minimum atomic E-state index is -1.51. The second-order valence-corrected chi connectivity index (χ2v) is 6.42. The third-order valence-electron chi connectivity index (χ3n) is 4.19. The summed E-state index contributed by atoms with van der Waals surface area (Å²) >= 11 is 0. The summed E-state index contributed by atoms with van der Waals surface area (Å²) in [6.07, 6.45) is 2.05. The molecule has 0 atom stereocenters. The van der Waals surface area contributed by atoms with Crippen LogP contribution in [0.1, 0.15) is 32.8 Å². The number of hydrogen-bond acceptors (Lipinski definition) is 6. The molecule has 1 aromatic rings. The van der Waals surface area contributed by atoms with Crippen LogP contribution in [0.2, 0.25) is 0 Å². The molecule has 0 aromatic heterocycles. The molecule has 0 aliphatic carbocycles. The van der Waals surface area contributed by atoms with Crippen molar-refractivity contribution in [3.63, 3.8) is 0 Å². The Balaban J connectivity index is 2.85. The van der Waals surface area contributed by atoms with Gasteiger partial charge >= 0.3 is 11.9 Å². The van der Waals surface area contributed by atoms with Gasteiger partial charge in [0, 0.05) is 6.42 Å². The van der Waals surface area contributed by atoms with E-state index in [9.17, 15) is 9.59 Å². The molecule has 0 aliphatic heterocycles. The topological polar surface area (TPSA) is 65.1 Å². The third kappa shape index (κ3) is 6.48. The first-order valence-corrected chi connectivity index (χ1v) is 9.17. The molecule has 27 heavy (non-hydrogen) atoms. The summed E-state index contributed by atoms with van der Waals surface area (Å²) in [6, 6.07) is 9.87. The fraction of sp³-hybridized carbons (Fsp3) is 0.524. The minimum absolute atomic E-state index is 0.173. The fourth-order valence-electron chi connectivity index (χ4n) is 2.68. The number of nitrogens with zero attached hydrogens (tertiary/aromatic N) is 1. The molecule has 0 saturated carbocycles. The van der Waals surface area contributed by atoms with E-state index in [2.05, 4.69) is 0 Å². The molecule has 0 heterocycles. The SMILES string of the molecule is CCOC(=O)C(C/C(C)=C/COCc1ccccc1)(C(=O)OCC)N(C)C. The Kier molecular flexibility index (Phi) is 9.75. The highest BCUT2D eigenvalue weighted by atomic mass is 16.6. The van der Waals surface area contributed by atoms with E-state index in [1.54, 1.807) is 32.8 Å². The van der Waals surface area contributed by atoms with Crippen molar-refractivity contribution in [2.45, 2.75) is 39.3 Å². The lowest BCUT2D eigenvalue weighted by Gasteiger charge is -2.35. The van der Waals surface area contributed by atoms with Crippen LogP contribution in [-0.2, 0) is 30.4 Å². The zero-order valence-corrected chi connectivity index (χ0v) is 17.0. The molecule has 6 heteroatoms. The maximum Gasteiger partial charge on any atom is 0.338 e. The van der Waals surface area contributed by atoms with Crippen molar-refractivity contribution < 1.29 is 23.8 Å². The highest BCUT2D eigenvalue weighted by molar-refractivity contribution is 6.05. The number of esters is 2. The van der Waals surface area contributed by atoms with E-state index in [1.807, 2.05) is 43.3 Å². The van der Waals surface area contributed by atoms with Crippen molar-refractivity contribution in [1.29, 1.82) is 0 Å². The van der Waals surface area contributed by atoms with Crippen LogP contribution in [0.3, 0.4) is 0 Å². The normalized spacial score (nSPS) is 12.1. The number of ether oxygens (including phenoxy) is 3. The summed E-state index contributed by atoms with van der Waals surface area (Å²) in [4.78, 5) is 26.9. The third-order valence-corrected chi connectivity index (χ3v) is 4.19. The van der Waals surface area contributed by atoms with Crippen LogP contribution >= 0.6 is 0 Å². The van der Waals surface area contributed by atoms with E-state index in [0.717, 1.165) is 11.1 Å². The van der Waals surface area contributed by atoms with E-state index in [0.29, 0.717) is 13.2 Å². The van der Waals surface area contributed by atoms with Crippen LogP contribution < -0.4 is 0 Å². The van der Waals surface area contributed by atoms with Gasteiger partial charge in [0.05, 0.1) is 26.4 Å². The van der Waals surface area contributed by atoms with E-state index < -0.39 is 17.5 Å². The van der Waals surface area contributed by atoms with Crippen molar-refractivity contribution >= 4 is 11.9 Å². The van der Waals surface area contributed by atoms with Crippen molar-refractivity contribution in [3.05, 3.63) is 47.5 Å². The molecule has 0 saturated heterocycles.